The number of rotatable bonds is 13. The molecule has 0 fully saturated rings. The minimum absolute atomic E-state index is 1.04. The van der Waals surface area contributed by atoms with Crippen LogP contribution in [-0.2, 0) is 11.3 Å². The Balaban J connectivity index is 0.00000119. The molecule has 1 aromatic rings. The van der Waals surface area contributed by atoms with Crippen molar-refractivity contribution in [3.63, 3.8) is 0 Å². The molecule has 0 saturated heterocycles. The summed E-state index contributed by atoms with van der Waals surface area (Å²) in [5.41, 5.74) is 1.46. The first-order valence-electron chi connectivity index (χ1n) is 10.5. The lowest BCUT2D eigenvalue weighted by atomic mass is 10.1. The number of hydrogen-bond donors (Lipinski definition) is 0. The van der Waals surface area contributed by atoms with Crippen molar-refractivity contribution in [1.82, 2.24) is 0 Å². The molecule has 0 amide bonds. The van der Waals surface area contributed by atoms with Gasteiger partial charge in [0.25, 0.3) is 6.16 Å². The smallest absolute Gasteiger partial charge is 0.251 e. The summed E-state index contributed by atoms with van der Waals surface area (Å²) in [6.45, 7) is 4.74. The molecule has 0 spiro atoms. The minimum atomic E-state index is -1.50. The van der Waals surface area contributed by atoms with E-state index in [2.05, 4.69) is 56.1 Å². The molecule has 0 aliphatic heterocycles. The third-order valence-corrected chi connectivity index (χ3v) is 4.74. The fourth-order valence-corrected chi connectivity index (χ4v) is 3.18. The topological polar surface area (TPSA) is 49.4 Å². The number of unbranched alkanes of at least 4 members (excludes halogenated alkanes) is 9. The van der Waals surface area contributed by atoms with Crippen molar-refractivity contribution in [2.24, 2.45) is 0 Å². The van der Waals surface area contributed by atoms with Gasteiger partial charge in [0.05, 0.1) is 20.6 Å². The Kier molecular flexibility index (Phi) is 15.7. The molecule has 0 aliphatic carbocycles. The van der Waals surface area contributed by atoms with Gasteiger partial charge in [0.1, 0.15) is 6.54 Å². The number of quaternary nitrogens is 1. The standard InChI is InChI=1S/C21H38N.C2H4O3/c1-4-5-6-7-8-9-10-11-12-16-19-22(2,3)20-21-17-14-13-15-18-21;1-5-2(3)4/h13-15,17-18H,4-12,16,19-20H2,1-3H3;1H3,(H,3,4)/q+1;/p-1. The van der Waals surface area contributed by atoms with E-state index in [1.165, 1.54) is 76.3 Å². The summed E-state index contributed by atoms with van der Waals surface area (Å²) >= 11 is 0. The molecule has 0 heterocycles. The van der Waals surface area contributed by atoms with Crippen LogP contribution < -0.4 is 5.11 Å². The van der Waals surface area contributed by atoms with Gasteiger partial charge < -0.3 is 19.1 Å². The molecule has 0 unspecified atom stereocenters. The quantitative estimate of drug-likeness (QED) is 0.270. The average molecular weight is 380 g/mol. The lowest BCUT2D eigenvalue weighted by Crippen LogP contribution is -2.39. The van der Waals surface area contributed by atoms with Gasteiger partial charge in [-0.2, -0.15) is 0 Å². The van der Waals surface area contributed by atoms with Gasteiger partial charge >= 0.3 is 0 Å². The highest BCUT2D eigenvalue weighted by Gasteiger charge is 2.14. The monoisotopic (exact) mass is 379 g/mol. The van der Waals surface area contributed by atoms with Crippen LogP contribution in [0.25, 0.3) is 0 Å². The van der Waals surface area contributed by atoms with E-state index < -0.39 is 6.16 Å². The number of carbonyl (C=O) groups is 1. The molecule has 1 rings (SSSR count). The Hall–Kier alpha value is -1.55. The maximum absolute atomic E-state index is 9.03. The highest BCUT2D eigenvalue weighted by Crippen LogP contribution is 2.13. The zero-order chi connectivity index (χ0) is 20.4. The number of nitrogens with zero attached hydrogens (tertiary/aromatic N) is 1. The number of ether oxygens (including phenoxy) is 1. The van der Waals surface area contributed by atoms with Gasteiger partial charge in [0.2, 0.25) is 0 Å². The molecule has 0 aliphatic rings. The van der Waals surface area contributed by atoms with Crippen LogP contribution in [-0.4, -0.2) is 38.4 Å². The summed E-state index contributed by atoms with van der Waals surface area (Å²) < 4.78 is 4.67. The van der Waals surface area contributed by atoms with Crippen LogP contribution in [0.2, 0.25) is 0 Å². The number of hydrogen-bond acceptors (Lipinski definition) is 3. The molecule has 0 N–H and O–H groups in total. The van der Waals surface area contributed by atoms with Gasteiger partial charge in [-0.25, -0.2) is 0 Å². The van der Waals surface area contributed by atoms with Crippen LogP contribution in [0.4, 0.5) is 4.79 Å². The summed E-state index contributed by atoms with van der Waals surface area (Å²) in [5.74, 6) is 0. The Morgan fingerprint density at radius 1 is 0.889 bits per heavy atom. The Morgan fingerprint density at radius 2 is 1.33 bits per heavy atom. The summed E-state index contributed by atoms with van der Waals surface area (Å²) in [5, 5.41) is 9.03. The number of methoxy groups -OCH3 is 1. The van der Waals surface area contributed by atoms with Gasteiger partial charge in [-0.15, -0.1) is 0 Å². The lowest BCUT2D eigenvalue weighted by molar-refractivity contribution is -0.903. The van der Waals surface area contributed by atoms with E-state index in [0.717, 1.165) is 18.1 Å². The van der Waals surface area contributed by atoms with Crippen molar-refractivity contribution >= 4 is 6.16 Å². The molecule has 0 bridgehead atoms. The second-order valence-electron chi connectivity index (χ2n) is 7.94. The third-order valence-electron chi connectivity index (χ3n) is 4.74. The third kappa shape index (κ3) is 17.6. The van der Waals surface area contributed by atoms with E-state index >= 15 is 0 Å². The number of carboxylic acid groups (broad SMARTS) is 1. The molecule has 156 valence electrons. The minimum Gasteiger partial charge on any atom is -0.553 e. The normalized spacial score (nSPS) is 10.8. The highest BCUT2D eigenvalue weighted by molar-refractivity contribution is 5.53. The molecule has 4 nitrogen and oxygen atoms in total. The second kappa shape index (κ2) is 16.6. The molecule has 0 radical (unpaired) electrons. The summed E-state index contributed by atoms with van der Waals surface area (Å²) in [4.78, 5) is 9.03. The van der Waals surface area contributed by atoms with Gasteiger partial charge in [-0.05, 0) is 12.8 Å². The highest BCUT2D eigenvalue weighted by atomic mass is 16.6. The van der Waals surface area contributed by atoms with E-state index in [4.69, 9.17) is 9.90 Å². The maximum atomic E-state index is 9.03. The molecule has 27 heavy (non-hydrogen) atoms. The van der Waals surface area contributed by atoms with E-state index in [9.17, 15) is 0 Å². The van der Waals surface area contributed by atoms with Gasteiger partial charge in [-0.1, -0.05) is 88.6 Å². The molecule has 0 aromatic heterocycles. The van der Waals surface area contributed by atoms with Crippen molar-refractivity contribution in [2.45, 2.75) is 77.7 Å². The number of benzene rings is 1. The van der Waals surface area contributed by atoms with E-state index in [0.29, 0.717) is 0 Å². The molecule has 0 saturated carbocycles. The molecule has 4 heteroatoms. The van der Waals surface area contributed by atoms with Crippen LogP contribution in [0.3, 0.4) is 0 Å². The van der Waals surface area contributed by atoms with Crippen LogP contribution >= 0.6 is 0 Å². The average Bonchev–Trinajstić information content (AvgIpc) is 2.64. The van der Waals surface area contributed by atoms with Crippen LogP contribution in [0.1, 0.15) is 76.7 Å². The first kappa shape index (κ1) is 25.4. The Bertz CT molecular complexity index is 460. The second-order valence-corrected chi connectivity index (χ2v) is 7.94. The number of carbonyl (C=O) groups excluding carboxylic acids is 1. The Labute approximate surface area is 167 Å². The molecule has 1 aromatic carbocycles. The van der Waals surface area contributed by atoms with Gasteiger partial charge in [0, 0.05) is 12.7 Å². The Morgan fingerprint density at radius 3 is 1.78 bits per heavy atom. The fraction of sp³-hybridized carbons (Fsp3) is 0.696. The lowest BCUT2D eigenvalue weighted by Gasteiger charge is -2.30. The molecular weight excluding hydrogens is 338 g/mol. The van der Waals surface area contributed by atoms with Crippen LogP contribution in [0, 0.1) is 0 Å². The van der Waals surface area contributed by atoms with E-state index in [1.54, 1.807) is 0 Å². The zero-order valence-corrected chi connectivity index (χ0v) is 18.0. The van der Waals surface area contributed by atoms with Crippen molar-refractivity contribution in [1.29, 1.82) is 0 Å². The van der Waals surface area contributed by atoms with E-state index in [1.807, 2.05) is 0 Å². The first-order valence-corrected chi connectivity index (χ1v) is 10.5. The van der Waals surface area contributed by atoms with Crippen molar-refractivity contribution in [3.05, 3.63) is 35.9 Å². The van der Waals surface area contributed by atoms with Crippen molar-refractivity contribution < 1.29 is 19.1 Å². The fourth-order valence-electron chi connectivity index (χ4n) is 3.18. The maximum Gasteiger partial charge on any atom is 0.251 e. The van der Waals surface area contributed by atoms with Crippen molar-refractivity contribution in [2.75, 3.05) is 27.7 Å². The summed E-state index contributed by atoms with van der Waals surface area (Å²) in [6, 6.07) is 10.9. The SMILES string of the molecule is CCCCCCCCCCCC[N+](C)(C)Cc1ccccc1.COC(=O)[O-]. The van der Waals surface area contributed by atoms with Crippen molar-refractivity contribution in [3.8, 4) is 0 Å². The van der Waals surface area contributed by atoms with Gasteiger partial charge in [-0.3, -0.25) is 0 Å². The van der Waals surface area contributed by atoms with Crippen LogP contribution in [0.15, 0.2) is 30.3 Å². The zero-order valence-electron chi connectivity index (χ0n) is 18.0. The van der Waals surface area contributed by atoms with Gasteiger partial charge in [0.15, 0.2) is 0 Å². The summed E-state index contributed by atoms with van der Waals surface area (Å²) in [7, 11) is 5.76. The van der Waals surface area contributed by atoms with E-state index in [-0.39, 0.29) is 0 Å². The van der Waals surface area contributed by atoms with Crippen LogP contribution in [0.5, 0.6) is 0 Å². The summed E-state index contributed by atoms with van der Waals surface area (Å²) in [6.07, 6.45) is 12.7. The largest absolute Gasteiger partial charge is 0.553 e. The predicted octanol–water partition coefficient (Wildman–Crippen LogP) is 5.16. The molecular formula is C23H41NO3. The first-order chi connectivity index (χ1) is 12.9. The predicted molar refractivity (Wildman–Crippen MR) is 111 cm³/mol. The molecule has 0 atom stereocenters.